The summed E-state index contributed by atoms with van der Waals surface area (Å²) in [4.78, 5) is 35.9. The van der Waals surface area contributed by atoms with Crippen molar-refractivity contribution in [1.29, 1.82) is 0 Å². The van der Waals surface area contributed by atoms with Gasteiger partial charge in [-0.3, -0.25) is 14.6 Å². The number of piperidine rings is 1. The van der Waals surface area contributed by atoms with Gasteiger partial charge in [0.1, 0.15) is 0 Å². The highest BCUT2D eigenvalue weighted by Crippen LogP contribution is 2.31. The first kappa shape index (κ1) is 19.3. The van der Waals surface area contributed by atoms with E-state index >= 15 is 0 Å². The van der Waals surface area contributed by atoms with Crippen molar-refractivity contribution >= 4 is 11.8 Å². The number of likely N-dealkylation sites (tertiary alicyclic amines) is 1. The van der Waals surface area contributed by atoms with Crippen LogP contribution in [0.1, 0.15) is 40.5 Å². The maximum absolute atomic E-state index is 12.9. The third-order valence-electron chi connectivity index (χ3n) is 5.96. The third kappa shape index (κ3) is 3.90. The lowest BCUT2D eigenvalue weighted by atomic mass is 10.0. The monoisotopic (exact) mass is 388 g/mol. The minimum Gasteiger partial charge on any atom is -0.347 e. The molecule has 0 saturated carbocycles. The summed E-state index contributed by atoms with van der Waals surface area (Å²) in [5.74, 6) is -0.651. The van der Waals surface area contributed by atoms with E-state index in [9.17, 15) is 9.59 Å². The number of carbonyl (C=O) groups is 2. The van der Waals surface area contributed by atoms with Gasteiger partial charge in [-0.1, -0.05) is 6.92 Å². The second-order valence-corrected chi connectivity index (χ2v) is 7.59. The Morgan fingerprint density at radius 2 is 1.46 bits per heavy atom. The number of nitrogens with zero attached hydrogens (tertiary/aromatic N) is 4. The highest BCUT2D eigenvalue weighted by Gasteiger charge is 2.41. The summed E-state index contributed by atoms with van der Waals surface area (Å²) in [6.07, 6.45) is 4.44. The van der Waals surface area contributed by atoms with Gasteiger partial charge >= 0.3 is 0 Å². The van der Waals surface area contributed by atoms with Crippen molar-refractivity contribution in [2.75, 3.05) is 59.0 Å². The van der Waals surface area contributed by atoms with Crippen LogP contribution >= 0.6 is 0 Å². The number of ether oxygens (including phenoxy) is 2. The molecule has 0 atom stereocenters. The molecule has 3 saturated heterocycles. The molecule has 0 aromatic carbocycles. The molecule has 4 heterocycles. The minimum absolute atomic E-state index is 0.0525. The van der Waals surface area contributed by atoms with E-state index in [0.717, 1.165) is 19.6 Å². The molecule has 28 heavy (non-hydrogen) atoms. The van der Waals surface area contributed by atoms with Gasteiger partial charge in [-0.2, -0.15) is 0 Å². The van der Waals surface area contributed by atoms with Crippen LogP contribution in [0.4, 0.5) is 0 Å². The van der Waals surface area contributed by atoms with Crippen molar-refractivity contribution in [2.24, 2.45) is 0 Å². The molecule has 8 heteroatoms. The second kappa shape index (κ2) is 8.14. The predicted octanol–water partition coefficient (Wildman–Crippen LogP) is 0.838. The van der Waals surface area contributed by atoms with E-state index in [1.165, 1.54) is 0 Å². The minimum atomic E-state index is -0.506. The lowest BCUT2D eigenvalue weighted by Gasteiger charge is -2.37. The van der Waals surface area contributed by atoms with Crippen LogP contribution in [-0.2, 0) is 9.47 Å². The molecule has 8 nitrogen and oxygen atoms in total. The van der Waals surface area contributed by atoms with Crippen molar-refractivity contribution in [3.8, 4) is 0 Å². The molecule has 0 radical (unpaired) electrons. The number of pyridine rings is 1. The van der Waals surface area contributed by atoms with Gasteiger partial charge in [0.25, 0.3) is 11.8 Å². The molecule has 2 amide bonds. The zero-order valence-electron chi connectivity index (χ0n) is 16.4. The first-order valence-corrected chi connectivity index (χ1v) is 10.1. The third-order valence-corrected chi connectivity index (χ3v) is 5.96. The molecule has 1 aromatic heterocycles. The van der Waals surface area contributed by atoms with Gasteiger partial charge in [0.05, 0.1) is 24.3 Å². The van der Waals surface area contributed by atoms with E-state index in [1.54, 1.807) is 23.4 Å². The molecule has 0 bridgehead atoms. The van der Waals surface area contributed by atoms with Crippen molar-refractivity contribution in [2.45, 2.75) is 25.6 Å². The number of likely N-dealkylation sites (N-methyl/N-ethyl adjacent to an activating group) is 1. The van der Waals surface area contributed by atoms with E-state index < -0.39 is 5.79 Å². The summed E-state index contributed by atoms with van der Waals surface area (Å²) in [5.41, 5.74) is 0.939. The van der Waals surface area contributed by atoms with Gasteiger partial charge in [-0.05, 0) is 12.6 Å². The van der Waals surface area contributed by atoms with Gasteiger partial charge in [0.15, 0.2) is 5.79 Å². The Morgan fingerprint density at radius 1 is 0.929 bits per heavy atom. The molecule has 152 valence electrons. The normalized spacial score (nSPS) is 22.6. The van der Waals surface area contributed by atoms with Crippen molar-refractivity contribution in [3.05, 3.63) is 29.6 Å². The largest absolute Gasteiger partial charge is 0.347 e. The summed E-state index contributed by atoms with van der Waals surface area (Å²) >= 11 is 0. The number of piperazine rings is 1. The first-order valence-electron chi connectivity index (χ1n) is 10.1. The Bertz CT molecular complexity index is 717. The summed E-state index contributed by atoms with van der Waals surface area (Å²) in [7, 11) is 0. The lowest BCUT2D eigenvalue weighted by Crippen LogP contribution is -2.48. The van der Waals surface area contributed by atoms with Crippen LogP contribution in [-0.4, -0.2) is 96.3 Å². The molecule has 1 aromatic rings. The average Bonchev–Trinajstić information content (AvgIpc) is 3.21. The molecule has 0 unspecified atom stereocenters. The number of rotatable bonds is 3. The SMILES string of the molecule is CCN1CCN(C(=O)c2cncc(C(=O)N3CCC4(CC3)OCCO4)c2)CC1. The maximum Gasteiger partial charge on any atom is 0.255 e. The fraction of sp³-hybridized carbons (Fsp3) is 0.650. The lowest BCUT2D eigenvalue weighted by molar-refractivity contribution is -0.181. The molecular weight excluding hydrogens is 360 g/mol. The van der Waals surface area contributed by atoms with Gasteiger partial charge in [0.2, 0.25) is 0 Å². The smallest absolute Gasteiger partial charge is 0.255 e. The number of aromatic nitrogens is 1. The first-order chi connectivity index (χ1) is 13.6. The van der Waals surface area contributed by atoms with Gasteiger partial charge in [-0.25, -0.2) is 0 Å². The molecule has 3 aliphatic heterocycles. The van der Waals surface area contributed by atoms with Gasteiger partial charge in [-0.15, -0.1) is 0 Å². The summed E-state index contributed by atoms with van der Waals surface area (Å²) in [5, 5.41) is 0. The van der Waals surface area contributed by atoms with E-state index in [1.807, 2.05) is 4.90 Å². The second-order valence-electron chi connectivity index (χ2n) is 7.59. The van der Waals surface area contributed by atoms with Gasteiger partial charge in [0, 0.05) is 64.5 Å². The fourth-order valence-electron chi connectivity index (χ4n) is 4.14. The number of amides is 2. The Hall–Kier alpha value is -2.03. The van der Waals surface area contributed by atoms with Crippen LogP contribution < -0.4 is 0 Å². The van der Waals surface area contributed by atoms with E-state index in [2.05, 4.69) is 16.8 Å². The Kier molecular flexibility index (Phi) is 5.61. The quantitative estimate of drug-likeness (QED) is 0.764. The highest BCUT2D eigenvalue weighted by atomic mass is 16.7. The van der Waals surface area contributed by atoms with Crippen LogP contribution in [0.2, 0.25) is 0 Å². The summed E-state index contributed by atoms with van der Waals surface area (Å²) in [6.45, 7) is 8.71. The average molecular weight is 388 g/mol. The van der Waals surface area contributed by atoms with Crippen LogP contribution in [0.3, 0.4) is 0 Å². The predicted molar refractivity (Wildman–Crippen MR) is 102 cm³/mol. The standard InChI is InChI=1S/C20H28N4O4/c1-2-22-7-9-24(10-8-22)19(26)17-13-16(14-21-15-17)18(25)23-5-3-20(4-6-23)27-11-12-28-20/h13-15H,2-12H2,1H3. The number of hydrogen-bond acceptors (Lipinski definition) is 6. The molecule has 4 rings (SSSR count). The molecule has 1 spiro atoms. The van der Waals surface area contributed by atoms with Crippen LogP contribution in [0.15, 0.2) is 18.5 Å². The van der Waals surface area contributed by atoms with Crippen LogP contribution in [0.25, 0.3) is 0 Å². The van der Waals surface area contributed by atoms with Crippen molar-refractivity contribution < 1.29 is 19.1 Å². The summed E-state index contributed by atoms with van der Waals surface area (Å²) in [6, 6.07) is 1.68. The van der Waals surface area contributed by atoms with Crippen LogP contribution in [0, 0.1) is 0 Å². The van der Waals surface area contributed by atoms with Crippen LogP contribution in [0.5, 0.6) is 0 Å². The maximum atomic E-state index is 12.9. The molecule has 3 fully saturated rings. The Labute approximate surface area is 165 Å². The molecule has 0 aliphatic carbocycles. The Balaban J connectivity index is 1.39. The van der Waals surface area contributed by atoms with Gasteiger partial charge < -0.3 is 24.2 Å². The molecular formula is C20H28N4O4. The van der Waals surface area contributed by atoms with Crippen molar-refractivity contribution in [1.82, 2.24) is 19.7 Å². The zero-order valence-corrected chi connectivity index (χ0v) is 16.4. The topological polar surface area (TPSA) is 75.2 Å². The highest BCUT2D eigenvalue weighted by molar-refractivity contribution is 5.99. The summed E-state index contributed by atoms with van der Waals surface area (Å²) < 4.78 is 11.4. The fourth-order valence-corrected chi connectivity index (χ4v) is 4.14. The van der Waals surface area contributed by atoms with E-state index in [-0.39, 0.29) is 11.8 Å². The molecule has 3 aliphatic rings. The van der Waals surface area contributed by atoms with Crippen molar-refractivity contribution in [3.63, 3.8) is 0 Å². The number of carbonyl (C=O) groups excluding carboxylic acids is 2. The Morgan fingerprint density at radius 3 is 2.00 bits per heavy atom. The van der Waals surface area contributed by atoms with E-state index in [0.29, 0.717) is 63.4 Å². The zero-order chi connectivity index (χ0) is 19.6. The van der Waals surface area contributed by atoms with E-state index in [4.69, 9.17) is 9.47 Å². The molecule has 0 N–H and O–H groups in total. The number of hydrogen-bond donors (Lipinski definition) is 0.